The van der Waals surface area contributed by atoms with Gasteiger partial charge in [-0.3, -0.25) is 20.2 Å². The van der Waals surface area contributed by atoms with Crippen LogP contribution in [0.5, 0.6) is 11.5 Å². The molecule has 0 aliphatic carbocycles. The standard InChI is InChI=1S/C21H32N2O10/c1-20(2)21(3,4)33-10-6-8-30-16(13-29-7-5-9-32-20)14-31-18-12-15(22(25)26)11-17(19(18)24)23(27)28/h11-12,16,24H,5-10,13-14H2,1-4H3. The Morgan fingerprint density at radius 3 is 2.18 bits per heavy atom. The Bertz CT molecular complexity index is 828. The minimum absolute atomic E-state index is 0.137. The number of non-ortho nitro benzene ring substituents is 1. The highest BCUT2D eigenvalue weighted by Gasteiger charge is 2.39. The molecule has 1 saturated heterocycles. The predicted octanol–water partition coefficient (Wildman–Crippen LogP) is 3.37. The highest BCUT2D eigenvalue weighted by molar-refractivity contribution is 5.61. The minimum atomic E-state index is -0.916. The Kier molecular flexibility index (Phi) is 9.35. The lowest BCUT2D eigenvalue weighted by Crippen LogP contribution is -2.50. The van der Waals surface area contributed by atoms with Crippen LogP contribution in [0, 0.1) is 20.2 Å². The number of phenols is 1. The molecule has 0 aromatic heterocycles. The van der Waals surface area contributed by atoms with Gasteiger partial charge in [0.2, 0.25) is 5.75 Å². The zero-order valence-corrected chi connectivity index (χ0v) is 19.4. The van der Waals surface area contributed by atoms with E-state index in [0.717, 1.165) is 6.07 Å². The van der Waals surface area contributed by atoms with E-state index in [2.05, 4.69) is 0 Å². The third-order valence-electron chi connectivity index (χ3n) is 5.63. The molecule has 1 N–H and O–H groups in total. The molecule has 0 bridgehead atoms. The molecule has 0 radical (unpaired) electrons. The second-order valence-corrected chi connectivity index (χ2v) is 8.63. The van der Waals surface area contributed by atoms with Gasteiger partial charge in [-0.1, -0.05) is 0 Å². The number of hydrogen-bond acceptors (Lipinski definition) is 10. The fourth-order valence-corrected chi connectivity index (χ4v) is 2.95. The van der Waals surface area contributed by atoms with Gasteiger partial charge in [0.25, 0.3) is 5.69 Å². The van der Waals surface area contributed by atoms with E-state index >= 15 is 0 Å². The molecule has 1 aromatic rings. The number of nitro groups is 2. The quantitative estimate of drug-likeness (QED) is 0.498. The van der Waals surface area contributed by atoms with Crippen LogP contribution >= 0.6 is 0 Å². The van der Waals surface area contributed by atoms with Gasteiger partial charge in [-0.05, 0) is 40.5 Å². The number of benzene rings is 1. The Hall–Kier alpha value is -2.54. The predicted molar refractivity (Wildman–Crippen MR) is 117 cm³/mol. The zero-order valence-electron chi connectivity index (χ0n) is 19.4. The Labute approximate surface area is 192 Å². The number of phenolic OH excluding ortho intramolecular Hbond substituents is 1. The molecular weight excluding hydrogens is 440 g/mol. The maximum absolute atomic E-state index is 11.1. The molecule has 1 unspecified atom stereocenters. The number of rotatable bonds is 5. The minimum Gasteiger partial charge on any atom is -0.500 e. The van der Waals surface area contributed by atoms with Crippen molar-refractivity contribution in [2.45, 2.75) is 57.8 Å². The summed E-state index contributed by atoms with van der Waals surface area (Å²) >= 11 is 0. The van der Waals surface area contributed by atoms with Crippen LogP contribution in [0.15, 0.2) is 12.1 Å². The average molecular weight is 472 g/mol. The van der Waals surface area contributed by atoms with Crippen LogP contribution in [-0.2, 0) is 18.9 Å². The molecule has 12 nitrogen and oxygen atoms in total. The SMILES string of the molecule is CC1(C)OCCCOCC(COc2cc([N+](=O)[O-])cc([N+](=O)[O-])c2O)OCCCOC1(C)C. The molecule has 1 fully saturated rings. The van der Waals surface area contributed by atoms with Crippen molar-refractivity contribution in [2.24, 2.45) is 0 Å². The van der Waals surface area contributed by atoms with Gasteiger partial charge in [0.05, 0.1) is 39.8 Å². The Morgan fingerprint density at radius 2 is 1.61 bits per heavy atom. The normalized spacial score (nSPS) is 22.1. The van der Waals surface area contributed by atoms with E-state index in [1.54, 1.807) is 0 Å². The van der Waals surface area contributed by atoms with Gasteiger partial charge in [0.15, 0.2) is 5.75 Å². The van der Waals surface area contributed by atoms with Crippen LogP contribution < -0.4 is 4.74 Å². The van der Waals surface area contributed by atoms with Crippen LogP contribution in [0.4, 0.5) is 11.4 Å². The number of nitrogens with zero attached hydrogens (tertiary/aromatic N) is 2. The number of ether oxygens (including phenoxy) is 5. The summed E-state index contributed by atoms with van der Waals surface area (Å²) < 4.78 is 28.9. The average Bonchev–Trinajstić information content (AvgIpc) is 2.73. The lowest BCUT2D eigenvalue weighted by Gasteiger charge is -2.41. The molecule has 0 saturated carbocycles. The molecule has 1 aliphatic rings. The van der Waals surface area contributed by atoms with E-state index in [0.29, 0.717) is 45.3 Å². The summed E-state index contributed by atoms with van der Waals surface area (Å²) in [4.78, 5) is 20.5. The second-order valence-electron chi connectivity index (χ2n) is 8.63. The van der Waals surface area contributed by atoms with Crippen LogP contribution in [0.3, 0.4) is 0 Å². The largest absolute Gasteiger partial charge is 0.500 e. The van der Waals surface area contributed by atoms with Gasteiger partial charge in [0, 0.05) is 26.4 Å². The summed E-state index contributed by atoms with van der Waals surface area (Å²) in [6, 6.07) is 1.61. The van der Waals surface area contributed by atoms with Crippen LogP contribution in [0.2, 0.25) is 0 Å². The molecule has 2 rings (SSSR count). The molecule has 1 atom stereocenters. The summed E-state index contributed by atoms with van der Waals surface area (Å²) in [5.74, 6) is -1.16. The number of aromatic hydroxyl groups is 1. The van der Waals surface area contributed by atoms with Crippen molar-refractivity contribution in [1.29, 1.82) is 0 Å². The maximum Gasteiger partial charge on any atom is 0.321 e. The van der Waals surface area contributed by atoms with Crippen molar-refractivity contribution in [3.63, 3.8) is 0 Å². The van der Waals surface area contributed by atoms with E-state index in [1.165, 1.54) is 0 Å². The van der Waals surface area contributed by atoms with Gasteiger partial charge >= 0.3 is 5.69 Å². The number of nitro benzene ring substituents is 2. The molecule has 186 valence electrons. The van der Waals surface area contributed by atoms with Gasteiger partial charge in [0.1, 0.15) is 12.7 Å². The monoisotopic (exact) mass is 472 g/mol. The third-order valence-corrected chi connectivity index (χ3v) is 5.63. The molecule has 1 aromatic carbocycles. The Balaban J connectivity index is 2.04. The van der Waals surface area contributed by atoms with E-state index in [4.69, 9.17) is 23.7 Å². The topological polar surface area (TPSA) is 153 Å². The lowest BCUT2D eigenvalue weighted by molar-refractivity contribution is -0.394. The molecule has 0 spiro atoms. The summed E-state index contributed by atoms with van der Waals surface area (Å²) in [5.41, 5.74) is -2.39. The van der Waals surface area contributed by atoms with Crippen molar-refractivity contribution < 1.29 is 38.6 Å². The van der Waals surface area contributed by atoms with Crippen LogP contribution in [0.25, 0.3) is 0 Å². The van der Waals surface area contributed by atoms with Gasteiger partial charge < -0.3 is 28.8 Å². The summed E-state index contributed by atoms with van der Waals surface area (Å²) in [7, 11) is 0. The smallest absolute Gasteiger partial charge is 0.321 e. The first kappa shape index (κ1) is 26.7. The first-order valence-corrected chi connectivity index (χ1v) is 10.7. The van der Waals surface area contributed by atoms with Gasteiger partial charge in [-0.25, -0.2) is 0 Å². The summed E-state index contributed by atoms with van der Waals surface area (Å²) in [6.07, 6.45) is 0.658. The molecule has 33 heavy (non-hydrogen) atoms. The maximum atomic E-state index is 11.1. The second kappa shape index (κ2) is 11.5. The van der Waals surface area contributed by atoms with Crippen molar-refractivity contribution in [3.8, 4) is 11.5 Å². The fraction of sp³-hybridized carbons (Fsp3) is 0.714. The van der Waals surface area contributed by atoms with Gasteiger partial charge in [-0.2, -0.15) is 0 Å². The van der Waals surface area contributed by atoms with E-state index in [1.807, 2.05) is 27.7 Å². The van der Waals surface area contributed by atoms with E-state index in [9.17, 15) is 25.3 Å². The van der Waals surface area contributed by atoms with E-state index < -0.39 is 44.3 Å². The Morgan fingerprint density at radius 1 is 1.00 bits per heavy atom. The van der Waals surface area contributed by atoms with Crippen LogP contribution in [-0.4, -0.2) is 71.9 Å². The zero-order chi connectivity index (χ0) is 24.6. The highest BCUT2D eigenvalue weighted by atomic mass is 16.6. The highest BCUT2D eigenvalue weighted by Crippen LogP contribution is 2.39. The lowest BCUT2D eigenvalue weighted by atomic mass is 9.89. The molecule has 1 aliphatic heterocycles. The van der Waals surface area contributed by atoms with Crippen molar-refractivity contribution >= 4 is 11.4 Å². The summed E-state index contributed by atoms with van der Waals surface area (Å²) in [6.45, 7) is 9.58. The molecule has 1 heterocycles. The number of hydrogen-bond donors (Lipinski definition) is 1. The molecule has 12 heteroatoms. The molecule has 0 amide bonds. The fourth-order valence-electron chi connectivity index (χ4n) is 2.95. The summed E-state index contributed by atoms with van der Waals surface area (Å²) in [5, 5.41) is 32.3. The van der Waals surface area contributed by atoms with E-state index in [-0.39, 0.29) is 19.0 Å². The van der Waals surface area contributed by atoms with Crippen molar-refractivity contribution in [3.05, 3.63) is 32.4 Å². The third kappa shape index (κ3) is 7.49. The first-order valence-electron chi connectivity index (χ1n) is 10.7. The van der Waals surface area contributed by atoms with Crippen LogP contribution in [0.1, 0.15) is 40.5 Å². The first-order chi connectivity index (χ1) is 15.4. The van der Waals surface area contributed by atoms with Crippen molar-refractivity contribution in [1.82, 2.24) is 0 Å². The molecular formula is C21H32N2O10. The van der Waals surface area contributed by atoms with Crippen molar-refractivity contribution in [2.75, 3.05) is 39.6 Å². The van der Waals surface area contributed by atoms with Gasteiger partial charge in [-0.15, -0.1) is 0 Å².